The Hall–Kier alpha value is -2.73. The van der Waals surface area contributed by atoms with Crippen LogP contribution in [-0.2, 0) is 11.0 Å². The van der Waals surface area contributed by atoms with Crippen molar-refractivity contribution < 1.29 is 18.0 Å². The van der Waals surface area contributed by atoms with Crippen molar-refractivity contribution >= 4 is 28.7 Å². The molecule has 1 amide bonds. The summed E-state index contributed by atoms with van der Waals surface area (Å²) in [5.74, 6) is -0.800. The first-order chi connectivity index (χ1) is 16.4. The highest BCUT2D eigenvalue weighted by Gasteiger charge is 2.38. The van der Waals surface area contributed by atoms with Gasteiger partial charge in [0.1, 0.15) is 5.82 Å². The second kappa shape index (κ2) is 9.49. The number of anilines is 1. The number of alkyl halides is 3. The zero-order valence-corrected chi connectivity index (χ0v) is 19.4. The Bertz CT molecular complexity index is 1120. The molecule has 0 saturated carbocycles. The molecule has 12 heteroatoms. The SMILES string of the molecule is O=C(NCC(c1cccs1)N1CCCC1)C1CCN(c2ccc3nnc(C(F)(F)F)n3n2)CC1. The Labute approximate surface area is 198 Å². The predicted octanol–water partition coefficient (Wildman–Crippen LogP) is 3.37. The minimum atomic E-state index is -4.63. The van der Waals surface area contributed by atoms with Crippen LogP contribution in [0.2, 0.25) is 0 Å². The number of fused-ring (bicyclic) bond motifs is 1. The lowest BCUT2D eigenvalue weighted by Crippen LogP contribution is -2.43. The summed E-state index contributed by atoms with van der Waals surface area (Å²) in [5, 5.41) is 16.1. The summed E-state index contributed by atoms with van der Waals surface area (Å²) in [6.07, 6.45) is -1.02. The Morgan fingerprint density at radius 1 is 1.12 bits per heavy atom. The van der Waals surface area contributed by atoms with Gasteiger partial charge in [0, 0.05) is 30.4 Å². The van der Waals surface area contributed by atoms with E-state index in [1.807, 2.05) is 11.0 Å². The first kappa shape index (κ1) is 23.0. The molecule has 2 aliphatic rings. The standard InChI is InChI=1S/C22H26F3N7OS/c23-22(24,25)21-28-27-18-5-6-19(29-32(18)21)31-11-7-15(8-12-31)20(33)26-14-16(17-4-3-13-34-17)30-9-1-2-10-30/h3-6,13,15-16H,1-2,7-12,14H2,(H,26,33). The maximum Gasteiger partial charge on any atom is 0.453 e. The number of amides is 1. The van der Waals surface area contributed by atoms with E-state index in [2.05, 4.69) is 37.0 Å². The molecule has 1 N–H and O–H groups in total. The van der Waals surface area contributed by atoms with Gasteiger partial charge in [-0.05, 0) is 62.4 Å². The molecule has 3 aromatic heterocycles. The first-order valence-corrected chi connectivity index (χ1v) is 12.4. The molecule has 0 bridgehead atoms. The molecule has 3 aromatic rings. The molecule has 0 aromatic carbocycles. The van der Waals surface area contributed by atoms with Crippen LogP contribution < -0.4 is 10.2 Å². The second-order valence-corrected chi connectivity index (χ2v) is 9.74. The number of thiophene rings is 1. The van der Waals surface area contributed by atoms with E-state index in [9.17, 15) is 18.0 Å². The topological polar surface area (TPSA) is 78.7 Å². The van der Waals surface area contributed by atoms with Crippen molar-refractivity contribution in [3.63, 3.8) is 0 Å². The van der Waals surface area contributed by atoms with Crippen LogP contribution in [0, 0.1) is 5.92 Å². The van der Waals surface area contributed by atoms with Crippen LogP contribution in [0.5, 0.6) is 0 Å². The quantitative estimate of drug-likeness (QED) is 0.567. The number of halogens is 3. The summed E-state index contributed by atoms with van der Waals surface area (Å²) < 4.78 is 40.2. The van der Waals surface area contributed by atoms with Crippen molar-refractivity contribution in [3.05, 3.63) is 40.3 Å². The van der Waals surface area contributed by atoms with Gasteiger partial charge in [-0.2, -0.15) is 17.7 Å². The van der Waals surface area contributed by atoms with Crippen molar-refractivity contribution in [2.24, 2.45) is 5.92 Å². The van der Waals surface area contributed by atoms with Crippen LogP contribution >= 0.6 is 11.3 Å². The molecule has 8 nitrogen and oxygen atoms in total. The van der Waals surface area contributed by atoms with E-state index in [0.717, 1.165) is 17.6 Å². The van der Waals surface area contributed by atoms with Gasteiger partial charge in [0.05, 0.1) is 6.04 Å². The molecule has 34 heavy (non-hydrogen) atoms. The average molecular weight is 494 g/mol. The third-order valence-electron chi connectivity index (χ3n) is 6.61. The van der Waals surface area contributed by atoms with E-state index in [-0.39, 0.29) is 23.5 Å². The van der Waals surface area contributed by atoms with Crippen LogP contribution in [0.3, 0.4) is 0 Å². The van der Waals surface area contributed by atoms with Crippen LogP contribution in [0.15, 0.2) is 29.6 Å². The molecule has 1 unspecified atom stereocenters. The number of nitrogens with zero attached hydrogens (tertiary/aromatic N) is 6. The lowest BCUT2D eigenvalue weighted by molar-refractivity contribution is -0.146. The third kappa shape index (κ3) is 4.74. The normalized spacial score (nSPS) is 19.1. The van der Waals surface area contributed by atoms with Gasteiger partial charge in [0.2, 0.25) is 5.91 Å². The average Bonchev–Trinajstić information content (AvgIpc) is 3.60. The molecule has 2 saturated heterocycles. The van der Waals surface area contributed by atoms with Gasteiger partial charge >= 0.3 is 6.18 Å². The predicted molar refractivity (Wildman–Crippen MR) is 122 cm³/mol. The van der Waals surface area contributed by atoms with Crippen LogP contribution in [0.4, 0.5) is 19.0 Å². The van der Waals surface area contributed by atoms with E-state index in [4.69, 9.17) is 0 Å². The van der Waals surface area contributed by atoms with Gasteiger partial charge in [0.15, 0.2) is 5.65 Å². The number of carbonyl (C=O) groups is 1. The molecule has 5 heterocycles. The summed E-state index contributed by atoms with van der Waals surface area (Å²) in [6.45, 7) is 3.78. The molecule has 5 rings (SSSR count). The molecule has 0 radical (unpaired) electrons. The lowest BCUT2D eigenvalue weighted by Gasteiger charge is -2.33. The van der Waals surface area contributed by atoms with Gasteiger partial charge in [-0.15, -0.1) is 26.6 Å². The van der Waals surface area contributed by atoms with E-state index in [0.29, 0.717) is 38.3 Å². The Morgan fingerprint density at radius 2 is 1.88 bits per heavy atom. The number of carbonyl (C=O) groups excluding carboxylic acids is 1. The minimum Gasteiger partial charge on any atom is -0.355 e. The smallest absolute Gasteiger partial charge is 0.355 e. The number of aromatic nitrogens is 4. The lowest BCUT2D eigenvalue weighted by atomic mass is 9.95. The van der Waals surface area contributed by atoms with Crippen LogP contribution in [0.1, 0.15) is 42.4 Å². The molecular weight excluding hydrogens is 467 g/mol. The fraction of sp³-hybridized carbons (Fsp3) is 0.545. The molecule has 182 valence electrons. The van der Waals surface area contributed by atoms with Gasteiger partial charge in [0.25, 0.3) is 5.82 Å². The van der Waals surface area contributed by atoms with Gasteiger partial charge in [-0.25, -0.2) is 0 Å². The highest BCUT2D eigenvalue weighted by molar-refractivity contribution is 7.10. The summed E-state index contributed by atoms with van der Waals surface area (Å²) in [5.41, 5.74) is 0.0450. The van der Waals surface area contributed by atoms with E-state index in [1.165, 1.54) is 23.8 Å². The van der Waals surface area contributed by atoms with Crippen LogP contribution in [-0.4, -0.2) is 63.3 Å². The largest absolute Gasteiger partial charge is 0.453 e. The highest BCUT2D eigenvalue weighted by Crippen LogP contribution is 2.30. The first-order valence-electron chi connectivity index (χ1n) is 11.5. The molecule has 2 fully saturated rings. The Morgan fingerprint density at radius 3 is 2.56 bits per heavy atom. The summed E-state index contributed by atoms with van der Waals surface area (Å²) in [7, 11) is 0. The van der Waals surface area contributed by atoms with Gasteiger partial charge < -0.3 is 10.2 Å². The Balaban J connectivity index is 1.19. The van der Waals surface area contributed by atoms with Crippen molar-refractivity contribution in [1.82, 2.24) is 30.0 Å². The molecular formula is C22H26F3N7OS. The number of hydrogen-bond acceptors (Lipinski definition) is 7. The fourth-order valence-electron chi connectivity index (χ4n) is 4.78. The third-order valence-corrected chi connectivity index (χ3v) is 7.59. The maximum atomic E-state index is 13.2. The van der Waals surface area contributed by atoms with Gasteiger partial charge in [-0.3, -0.25) is 9.69 Å². The molecule has 2 aliphatic heterocycles. The summed E-state index contributed by atoms with van der Waals surface area (Å²) in [4.78, 5) is 18.5. The molecule has 0 aliphatic carbocycles. The zero-order chi connectivity index (χ0) is 23.7. The summed E-state index contributed by atoms with van der Waals surface area (Å²) >= 11 is 1.72. The number of likely N-dealkylation sites (tertiary alicyclic amines) is 1. The van der Waals surface area contributed by atoms with Crippen molar-refractivity contribution in [1.29, 1.82) is 0 Å². The van der Waals surface area contributed by atoms with Crippen molar-refractivity contribution in [2.75, 3.05) is 37.6 Å². The summed E-state index contributed by atoms with van der Waals surface area (Å²) in [6, 6.07) is 7.50. The Kier molecular flexibility index (Phi) is 6.43. The number of hydrogen-bond donors (Lipinski definition) is 1. The minimum absolute atomic E-state index is 0.0435. The van der Waals surface area contributed by atoms with Crippen molar-refractivity contribution in [3.8, 4) is 0 Å². The molecule has 0 spiro atoms. The zero-order valence-electron chi connectivity index (χ0n) is 18.5. The maximum absolute atomic E-state index is 13.2. The number of rotatable bonds is 6. The van der Waals surface area contributed by atoms with E-state index < -0.39 is 12.0 Å². The van der Waals surface area contributed by atoms with E-state index in [1.54, 1.807) is 17.4 Å². The fourth-order valence-corrected chi connectivity index (χ4v) is 5.64. The number of piperidine rings is 1. The van der Waals surface area contributed by atoms with Gasteiger partial charge in [-0.1, -0.05) is 6.07 Å². The van der Waals surface area contributed by atoms with Crippen LogP contribution in [0.25, 0.3) is 5.65 Å². The second-order valence-electron chi connectivity index (χ2n) is 8.76. The highest BCUT2D eigenvalue weighted by atomic mass is 32.1. The number of nitrogens with one attached hydrogen (secondary N) is 1. The monoisotopic (exact) mass is 493 g/mol. The van der Waals surface area contributed by atoms with E-state index >= 15 is 0 Å². The van der Waals surface area contributed by atoms with Crippen molar-refractivity contribution in [2.45, 2.75) is 37.9 Å². The molecule has 1 atom stereocenters.